The average Bonchev–Trinajstić information content (AvgIpc) is 2.57. The van der Waals surface area contributed by atoms with Gasteiger partial charge < -0.3 is 0 Å². The molecule has 3 rings (SSSR count). The minimum atomic E-state index is 0.942. The Bertz CT molecular complexity index is 530. The highest BCUT2D eigenvalue weighted by atomic mass is 32.2. The Labute approximate surface area is 138 Å². The van der Waals surface area contributed by atoms with Crippen LogP contribution < -0.4 is 4.72 Å². The molecule has 1 N–H and O–H groups in total. The van der Waals surface area contributed by atoms with Crippen molar-refractivity contribution in [3.63, 3.8) is 0 Å². The van der Waals surface area contributed by atoms with Crippen molar-refractivity contribution in [1.82, 2.24) is 9.62 Å². The largest absolute Gasteiger partial charge is 0.299 e. The maximum absolute atomic E-state index is 3.49. The molecule has 3 heteroatoms. The molecule has 0 aromatic heterocycles. The molecule has 1 heterocycles. The lowest BCUT2D eigenvalue weighted by molar-refractivity contribution is 0.221. The molecular weight excluding hydrogens is 288 g/mol. The van der Waals surface area contributed by atoms with Gasteiger partial charge in [0.05, 0.1) is 0 Å². The highest BCUT2D eigenvalue weighted by Gasteiger charge is 2.10. The van der Waals surface area contributed by atoms with Crippen LogP contribution in [0.15, 0.2) is 53.0 Å². The Morgan fingerprint density at radius 1 is 1.09 bits per heavy atom. The summed E-state index contributed by atoms with van der Waals surface area (Å²) in [5.41, 5.74) is 2.84. The third-order valence-electron chi connectivity index (χ3n) is 4.29. The first-order chi connectivity index (χ1) is 10.9. The van der Waals surface area contributed by atoms with Crippen molar-refractivity contribution < 1.29 is 0 Å². The fraction of sp³-hybridized carbons (Fsp3) is 0.474. The summed E-state index contributed by atoms with van der Waals surface area (Å²) in [5.74, 6) is 0. The molecule has 1 aliphatic heterocycles. The quantitative estimate of drug-likeness (QED) is 0.776. The molecular formula is C19H26N2S. The van der Waals surface area contributed by atoms with Gasteiger partial charge in [-0.25, -0.2) is 0 Å². The van der Waals surface area contributed by atoms with Crippen molar-refractivity contribution in [2.24, 2.45) is 0 Å². The first-order valence-electron chi connectivity index (χ1n) is 8.47. The molecule has 1 aliphatic carbocycles. The van der Waals surface area contributed by atoms with Crippen LogP contribution in [0.5, 0.6) is 0 Å². The van der Waals surface area contributed by atoms with Gasteiger partial charge >= 0.3 is 0 Å². The first kappa shape index (κ1) is 15.9. The third kappa shape index (κ3) is 5.01. The normalized spacial score (nSPS) is 19.2. The van der Waals surface area contributed by atoms with Crippen LogP contribution in [-0.4, -0.2) is 24.5 Å². The molecule has 1 aromatic carbocycles. The zero-order valence-electron chi connectivity index (χ0n) is 13.3. The molecule has 0 unspecified atom stereocenters. The fourth-order valence-electron chi connectivity index (χ4n) is 3.08. The summed E-state index contributed by atoms with van der Waals surface area (Å²) in [6.07, 6.45) is 13.3. The summed E-state index contributed by atoms with van der Waals surface area (Å²) < 4.78 is 3.49. The maximum Gasteiger partial charge on any atom is 0.0309 e. The van der Waals surface area contributed by atoms with E-state index >= 15 is 0 Å². The van der Waals surface area contributed by atoms with E-state index in [1.54, 1.807) is 11.9 Å². The van der Waals surface area contributed by atoms with Gasteiger partial charge in [0.2, 0.25) is 0 Å². The zero-order chi connectivity index (χ0) is 15.0. The van der Waals surface area contributed by atoms with Gasteiger partial charge in [0.1, 0.15) is 0 Å². The van der Waals surface area contributed by atoms with E-state index in [4.69, 9.17) is 0 Å². The van der Waals surface area contributed by atoms with Crippen molar-refractivity contribution >= 4 is 11.9 Å². The summed E-state index contributed by atoms with van der Waals surface area (Å²) >= 11 is 1.75. The van der Waals surface area contributed by atoms with Crippen molar-refractivity contribution in [2.45, 2.75) is 43.5 Å². The number of allylic oxidation sites excluding steroid dienone is 2. The van der Waals surface area contributed by atoms with Crippen molar-refractivity contribution in [1.29, 1.82) is 0 Å². The summed E-state index contributed by atoms with van der Waals surface area (Å²) in [5, 5.41) is 0. The number of piperidine rings is 1. The monoisotopic (exact) mass is 314 g/mol. The SMILES string of the molecule is C1=CC(CNSc2cccc(CN3CCCCC3)c2)=CCC1. The molecule has 118 valence electrons. The number of nitrogens with zero attached hydrogens (tertiary/aromatic N) is 1. The van der Waals surface area contributed by atoms with Crippen LogP contribution in [0.1, 0.15) is 37.7 Å². The van der Waals surface area contributed by atoms with Gasteiger partial charge in [-0.3, -0.25) is 9.62 Å². The van der Waals surface area contributed by atoms with E-state index in [1.165, 1.54) is 61.2 Å². The highest BCUT2D eigenvalue weighted by molar-refractivity contribution is 7.97. The maximum atomic E-state index is 3.49. The lowest BCUT2D eigenvalue weighted by atomic mass is 10.1. The Morgan fingerprint density at radius 3 is 2.82 bits per heavy atom. The summed E-state index contributed by atoms with van der Waals surface area (Å²) in [6.45, 7) is 4.56. The van der Waals surface area contributed by atoms with Crippen LogP contribution in [-0.2, 0) is 6.54 Å². The molecule has 1 aromatic rings. The molecule has 0 saturated carbocycles. The fourth-order valence-corrected chi connectivity index (χ4v) is 3.85. The molecule has 0 atom stereocenters. The molecule has 1 saturated heterocycles. The third-order valence-corrected chi connectivity index (χ3v) is 5.07. The van der Waals surface area contributed by atoms with Gasteiger partial charge in [0.15, 0.2) is 0 Å². The number of rotatable bonds is 6. The first-order valence-corrected chi connectivity index (χ1v) is 9.28. The molecule has 2 nitrogen and oxygen atoms in total. The predicted molar refractivity (Wildman–Crippen MR) is 95.9 cm³/mol. The number of nitrogens with one attached hydrogen (secondary N) is 1. The van der Waals surface area contributed by atoms with Gasteiger partial charge in [0, 0.05) is 18.0 Å². The number of hydrogen-bond acceptors (Lipinski definition) is 3. The average molecular weight is 314 g/mol. The molecule has 2 aliphatic rings. The van der Waals surface area contributed by atoms with Crippen molar-refractivity contribution in [3.8, 4) is 0 Å². The van der Waals surface area contributed by atoms with Crippen molar-refractivity contribution in [2.75, 3.05) is 19.6 Å². The molecule has 0 amide bonds. The Hall–Kier alpha value is -1.03. The van der Waals surface area contributed by atoms with Gasteiger partial charge in [-0.05, 0) is 74.0 Å². The summed E-state index contributed by atoms with van der Waals surface area (Å²) in [6, 6.07) is 8.97. The van der Waals surface area contributed by atoms with Crippen LogP contribution in [0, 0.1) is 0 Å². The molecule has 0 radical (unpaired) electrons. The van der Waals surface area contributed by atoms with Crippen LogP contribution in [0.2, 0.25) is 0 Å². The number of benzene rings is 1. The van der Waals surface area contributed by atoms with E-state index in [1.807, 2.05) is 0 Å². The van der Waals surface area contributed by atoms with E-state index in [0.29, 0.717) is 0 Å². The summed E-state index contributed by atoms with van der Waals surface area (Å²) in [4.78, 5) is 3.90. The van der Waals surface area contributed by atoms with E-state index in [9.17, 15) is 0 Å². The molecule has 1 fully saturated rings. The summed E-state index contributed by atoms with van der Waals surface area (Å²) in [7, 11) is 0. The standard InChI is InChI=1S/C19H26N2S/c1-3-8-17(9-4-1)15-20-22-19-11-7-10-18(14-19)16-21-12-5-2-6-13-21/h3,7-11,14,20H,1-2,4-6,12-13,15-16H2. The van der Waals surface area contributed by atoms with Gasteiger partial charge in [0.25, 0.3) is 0 Å². The van der Waals surface area contributed by atoms with Crippen LogP contribution in [0.4, 0.5) is 0 Å². The smallest absolute Gasteiger partial charge is 0.0309 e. The zero-order valence-corrected chi connectivity index (χ0v) is 14.1. The number of likely N-dealkylation sites (tertiary alicyclic amines) is 1. The van der Waals surface area contributed by atoms with Crippen LogP contribution >= 0.6 is 11.9 Å². The van der Waals surface area contributed by atoms with E-state index < -0.39 is 0 Å². The molecule has 0 spiro atoms. The van der Waals surface area contributed by atoms with Gasteiger partial charge in [-0.15, -0.1) is 0 Å². The second kappa shape index (κ2) is 8.56. The second-order valence-electron chi connectivity index (χ2n) is 6.17. The van der Waals surface area contributed by atoms with E-state index in [-0.39, 0.29) is 0 Å². The Balaban J connectivity index is 1.48. The molecule has 0 bridgehead atoms. The minimum absolute atomic E-state index is 0.942. The topological polar surface area (TPSA) is 15.3 Å². The molecule has 22 heavy (non-hydrogen) atoms. The van der Waals surface area contributed by atoms with Crippen molar-refractivity contribution in [3.05, 3.63) is 53.6 Å². The number of hydrogen-bond donors (Lipinski definition) is 1. The Kier molecular flexibility index (Phi) is 6.17. The van der Waals surface area contributed by atoms with Crippen LogP contribution in [0.3, 0.4) is 0 Å². The van der Waals surface area contributed by atoms with Gasteiger partial charge in [-0.2, -0.15) is 0 Å². The lowest BCUT2D eigenvalue weighted by Gasteiger charge is -2.26. The van der Waals surface area contributed by atoms with E-state index in [0.717, 1.165) is 13.1 Å². The lowest BCUT2D eigenvalue weighted by Crippen LogP contribution is -2.29. The predicted octanol–water partition coefficient (Wildman–Crippen LogP) is 4.55. The Morgan fingerprint density at radius 2 is 2.00 bits per heavy atom. The highest BCUT2D eigenvalue weighted by Crippen LogP contribution is 2.19. The second-order valence-corrected chi connectivity index (χ2v) is 7.13. The van der Waals surface area contributed by atoms with E-state index in [2.05, 4.69) is 52.1 Å². The van der Waals surface area contributed by atoms with Gasteiger partial charge in [-0.1, -0.05) is 36.8 Å². The van der Waals surface area contributed by atoms with Crippen LogP contribution in [0.25, 0.3) is 0 Å². The minimum Gasteiger partial charge on any atom is -0.299 e.